The lowest BCUT2D eigenvalue weighted by Gasteiger charge is -2.27. The number of benzene rings is 9. The fraction of sp³-hybridized carbons (Fsp3) is 0. The molecule has 0 amide bonds. The molecule has 2 heterocycles. The molecule has 0 aliphatic heterocycles. The fourth-order valence-electron chi connectivity index (χ4n) is 8.10. The van der Waals surface area contributed by atoms with Crippen LogP contribution in [-0.4, -0.2) is 15.0 Å². The molecule has 11 rings (SSSR count). The smallest absolute Gasteiger partial charge is 0.164 e. The normalized spacial score (nSPS) is 11.4. The zero-order valence-corrected chi connectivity index (χ0v) is 31.3. The van der Waals surface area contributed by atoms with Crippen molar-refractivity contribution in [3.05, 3.63) is 206 Å². The molecule has 0 aliphatic rings. The lowest BCUT2D eigenvalue weighted by atomic mass is 9.99. The summed E-state index contributed by atoms with van der Waals surface area (Å²) < 4.78 is 7.04. The van der Waals surface area contributed by atoms with Crippen LogP contribution >= 0.6 is 0 Å². The van der Waals surface area contributed by atoms with Gasteiger partial charge in [-0.2, -0.15) is 0 Å². The molecule has 272 valence electrons. The molecule has 0 spiro atoms. The van der Waals surface area contributed by atoms with Crippen molar-refractivity contribution in [2.24, 2.45) is 0 Å². The molecule has 0 aliphatic carbocycles. The van der Waals surface area contributed by atoms with Crippen LogP contribution in [-0.2, 0) is 0 Å². The maximum atomic E-state index is 7.04. The Morgan fingerprint density at radius 2 is 0.931 bits per heavy atom. The summed E-state index contributed by atoms with van der Waals surface area (Å²) >= 11 is 0. The second-order valence-electron chi connectivity index (χ2n) is 14.4. The van der Waals surface area contributed by atoms with Crippen molar-refractivity contribution < 1.29 is 4.42 Å². The standard InChI is InChI=1S/C53H34N4O/c1-4-15-35(16-5-1)37-29-31-43(32-30-37)57(42-22-8-3-9-23-42)49-44-24-13-12-21-40(44)34-46-48-45(25-14-26-47(48)58-50(46)49)53-55-51(38-18-6-2-7-19-38)54-52(56-53)41-28-27-36-17-10-11-20-39(36)33-41/h1-34H. The molecule has 58 heavy (non-hydrogen) atoms. The van der Waals surface area contributed by atoms with E-state index in [0.29, 0.717) is 17.5 Å². The first kappa shape index (κ1) is 33.4. The van der Waals surface area contributed by atoms with Crippen molar-refractivity contribution >= 4 is 60.5 Å². The van der Waals surface area contributed by atoms with Gasteiger partial charge in [0.1, 0.15) is 5.58 Å². The van der Waals surface area contributed by atoms with E-state index in [0.717, 1.165) is 82.8 Å². The van der Waals surface area contributed by atoms with Crippen LogP contribution in [0.5, 0.6) is 0 Å². The van der Waals surface area contributed by atoms with E-state index in [9.17, 15) is 0 Å². The van der Waals surface area contributed by atoms with Crippen molar-refractivity contribution in [3.63, 3.8) is 0 Å². The van der Waals surface area contributed by atoms with Gasteiger partial charge in [-0.15, -0.1) is 0 Å². The first-order chi connectivity index (χ1) is 28.7. The maximum absolute atomic E-state index is 7.04. The Morgan fingerprint density at radius 3 is 1.69 bits per heavy atom. The Labute approximate surface area is 335 Å². The number of rotatable bonds is 7. The molecule has 5 nitrogen and oxygen atoms in total. The van der Waals surface area contributed by atoms with Gasteiger partial charge in [0.2, 0.25) is 0 Å². The van der Waals surface area contributed by atoms with Gasteiger partial charge >= 0.3 is 0 Å². The lowest BCUT2D eigenvalue weighted by Crippen LogP contribution is -2.10. The molecule has 0 bridgehead atoms. The molecule has 0 unspecified atom stereocenters. The lowest BCUT2D eigenvalue weighted by molar-refractivity contribution is 0.669. The second kappa shape index (κ2) is 14.0. The molecule has 2 aromatic heterocycles. The molecule has 0 saturated carbocycles. The quantitative estimate of drug-likeness (QED) is 0.163. The molecule has 0 N–H and O–H groups in total. The van der Waals surface area contributed by atoms with Crippen LogP contribution < -0.4 is 4.90 Å². The van der Waals surface area contributed by atoms with Gasteiger partial charge in [0.15, 0.2) is 23.1 Å². The van der Waals surface area contributed by atoms with Crippen molar-refractivity contribution in [1.82, 2.24) is 15.0 Å². The average molecular weight is 743 g/mol. The number of para-hydroxylation sites is 1. The largest absolute Gasteiger partial charge is 0.454 e. The highest BCUT2D eigenvalue weighted by Crippen LogP contribution is 2.48. The van der Waals surface area contributed by atoms with Gasteiger partial charge in [0, 0.05) is 44.2 Å². The average Bonchev–Trinajstić information content (AvgIpc) is 3.68. The third-order valence-corrected chi connectivity index (χ3v) is 10.9. The molecule has 9 aromatic carbocycles. The molecule has 0 saturated heterocycles. The SMILES string of the molecule is c1ccc(-c2ccc(N(c3ccccc3)c3c4ccccc4cc4c3oc3cccc(-c5nc(-c6ccccc6)nc(-c6ccc7ccccc7c6)n5)c34)cc2)cc1. The van der Waals surface area contributed by atoms with E-state index in [2.05, 4.69) is 163 Å². The van der Waals surface area contributed by atoms with Crippen molar-refractivity contribution in [2.75, 3.05) is 4.90 Å². The predicted molar refractivity (Wildman–Crippen MR) is 239 cm³/mol. The van der Waals surface area contributed by atoms with Gasteiger partial charge in [-0.1, -0.05) is 164 Å². The van der Waals surface area contributed by atoms with Crippen LogP contribution in [0.4, 0.5) is 17.1 Å². The Kier molecular flexibility index (Phi) is 8.07. The second-order valence-corrected chi connectivity index (χ2v) is 14.4. The van der Waals surface area contributed by atoms with Gasteiger partial charge in [-0.3, -0.25) is 0 Å². The first-order valence-corrected chi connectivity index (χ1v) is 19.4. The van der Waals surface area contributed by atoms with Crippen molar-refractivity contribution in [3.8, 4) is 45.3 Å². The highest BCUT2D eigenvalue weighted by Gasteiger charge is 2.25. The van der Waals surface area contributed by atoms with E-state index >= 15 is 0 Å². The summed E-state index contributed by atoms with van der Waals surface area (Å²) in [4.78, 5) is 17.8. The van der Waals surface area contributed by atoms with Crippen LogP contribution in [0.3, 0.4) is 0 Å². The van der Waals surface area contributed by atoms with Crippen LogP contribution in [0, 0.1) is 0 Å². The van der Waals surface area contributed by atoms with Gasteiger partial charge < -0.3 is 9.32 Å². The highest BCUT2D eigenvalue weighted by molar-refractivity contribution is 6.22. The molecular weight excluding hydrogens is 709 g/mol. The van der Waals surface area contributed by atoms with Crippen LogP contribution in [0.25, 0.3) is 88.8 Å². The summed E-state index contributed by atoms with van der Waals surface area (Å²) in [5.74, 6) is 1.80. The zero-order chi connectivity index (χ0) is 38.4. The van der Waals surface area contributed by atoms with E-state index in [1.54, 1.807) is 0 Å². The molecular formula is C53H34N4O. The Hall–Kier alpha value is -7.89. The summed E-state index contributed by atoms with van der Waals surface area (Å²) in [5, 5.41) is 6.40. The summed E-state index contributed by atoms with van der Waals surface area (Å²) in [5.41, 5.74) is 9.60. The van der Waals surface area contributed by atoms with E-state index in [1.165, 1.54) is 5.56 Å². The number of anilines is 3. The summed E-state index contributed by atoms with van der Waals surface area (Å²) in [6.45, 7) is 0. The van der Waals surface area contributed by atoms with Gasteiger partial charge in [-0.05, 0) is 69.8 Å². The van der Waals surface area contributed by atoms with E-state index < -0.39 is 0 Å². The molecule has 11 aromatic rings. The first-order valence-electron chi connectivity index (χ1n) is 19.4. The number of hydrogen-bond donors (Lipinski definition) is 0. The Bertz CT molecular complexity index is 3270. The molecule has 0 fully saturated rings. The van der Waals surface area contributed by atoms with Crippen molar-refractivity contribution in [2.45, 2.75) is 0 Å². The third-order valence-electron chi connectivity index (χ3n) is 10.9. The molecule has 0 atom stereocenters. The van der Waals surface area contributed by atoms with Crippen LogP contribution in [0.2, 0.25) is 0 Å². The number of aromatic nitrogens is 3. The minimum Gasteiger partial charge on any atom is -0.454 e. The fourth-order valence-corrected chi connectivity index (χ4v) is 8.10. The minimum atomic E-state index is 0.580. The van der Waals surface area contributed by atoms with Crippen molar-refractivity contribution in [1.29, 1.82) is 0 Å². The monoisotopic (exact) mass is 742 g/mol. The number of hydrogen-bond acceptors (Lipinski definition) is 5. The number of furan rings is 1. The number of nitrogens with zero attached hydrogens (tertiary/aromatic N) is 4. The van der Waals surface area contributed by atoms with E-state index in [4.69, 9.17) is 19.4 Å². The Balaban J connectivity index is 1.16. The van der Waals surface area contributed by atoms with E-state index in [-0.39, 0.29) is 0 Å². The zero-order valence-electron chi connectivity index (χ0n) is 31.3. The van der Waals surface area contributed by atoms with Gasteiger partial charge in [0.25, 0.3) is 0 Å². The van der Waals surface area contributed by atoms with Gasteiger partial charge in [0.05, 0.1) is 5.69 Å². The van der Waals surface area contributed by atoms with Crippen LogP contribution in [0.15, 0.2) is 211 Å². The Morgan fingerprint density at radius 1 is 0.362 bits per heavy atom. The molecule has 0 radical (unpaired) electrons. The highest BCUT2D eigenvalue weighted by atomic mass is 16.3. The summed E-state index contributed by atoms with van der Waals surface area (Å²) in [6, 6.07) is 71.6. The molecule has 5 heteroatoms. The maximum Gasteiger partial charge on any atom is 0.164 e. The minimum absolute atomic E-state index is 0.580. The summed E-state index contributed by atoms with van der Waals surface area (Å²) in [7, 11) is 0. The van der Waals surface area contributed by atoms with Crippen LogP contribution in [0.1, 0.15) is 0 Å². The predicted octanol–water partition coefficient (Wildman–Crippen LogP) is 14.2. The number of fused-ring (bicyclic) bond motifs is 5. The van der Waals surface area contributed by atoms with Gasteiger partial charge in [-0.25, -0.2) is 15.0 Å². The topological polar surface area (TPSA) is 55.1 Å². The van der Waals surface area contributed by atoms with E-state index in [1.807, 2.05) is 48.5 Å². The third kappa shape index (κ3) is 5.85. The summed E-state index contributed by atoms with van der Waals surface area (Å²) in [6.07, 6.45) is 0.